The van der Waals surface area contributed by atoms with Crippen LogP contribution in [0.5, 0.6) is 0 Å². The van der Waals surface area contributed by atoms with Crippen molar-refractivity contribution < 1.29 is 25.9 Å². The Balaban J connectivity index is 5.45. The molecule has 0 rings (SSSR count). The first kappa shape index (κ1) is 12.3. The van der Waals surface area contributed by atoms with Gasteiger partial charge in [0.2, 0.25) is 0 Å². The first-order chi connectivity index (χ1) is 4.50. The second kappa shape index (κ2) is 3.21. The highest BCUT2D eigenvalue weighted by molar-refractivity contribution is 14.2. The van der Waals surface area contributed by atoms with Crippen molar-refractivity contribution in [3.05, 3.63) is 0 Å². The molecule has 2 N–H and O–H groups in total. The third kappa shape index (κ3) is 2.61. The molecule has 0 aliphatic rings. The van der Waals surface area contributed by atoms with E-state index in [0.29, 0.717) is 0 Å². The molecule has 6 nitrogen and oxygen atoms in total. The molecule has 0 aromatic rings. The average molecular weight is 428 g/mol. The summed E-state index contributed by atoms with van der Waals surface area (Å²) in [6.07, 6.45) is 0. The Kier molecular flexibility index (Phi) is 3.58. The molecule has 0 fully saturated rings. The molecule has 0 saturated carbocycles. The molecule has 0 aliphatic carbocycles. The smallest absolute Gasteiger partial charge is 0.283 e. The first-order valence-electron chi connectivity index (χ1n) is 1.82. The van der Waals surface area contributed by atoms with Gasteiger partial charge in [-0.3, -0.25) is 9.11 Å². The predicted molar refractivity (Wildman–Crippen MR) is 53.9 cm³/mol. The minimum absolute atomic E-state index is 0.900. The Labute approximate surface area is 90.5 Å². The first-order valence-corrected chi connectivity index (χ1v) is 6.86. The summed E-state index contributed by atoms with van der Waals surface area (Å²) in [5, 5.41) is 0. The van der Waals surface area contributed by atoms with Gasteiger partial charge in [-0.1, -0.05) is 0 Å². The topological polar surface area (TPSA) is 109 Å². The molecule has 0 amide bonds. The summed E-state index contributed by atoms with van der Waals surface area (Å²) >= 11 is 1.80. The normalized spacial score (nSPS) is 14.9. The van der Waals surface area contributed by atoms with Crippen molar-refractivity contribution in [3.8, 4) is 0 Å². The van der Waals surface area contributed by atoms with Gasteiger partial charge in [-0.15, -0.1) is 0 Å². The van der Waals surface area contributed by atoms with Gasteiger partial charge in [0.15, 0.2) is 0 Å². The van der Waals surface area contributed by atoms with Crippen molar-refractivity contribution in [2.75, 3.05) is 0 Å². The lowest BCUT2D eigenvalue weighted by Crippen LogP contribution is -2.33. The van der Waals surface area contributed by atoms with Gasteiger partial charge in [0.05, 0.1) is 0 Å². The molecular weight excluding hydrogens is 426 g/mol. The summed E-state index contributed by atoms with van der Waals surface area (Å²) in [5.41, 5.74) is 0. The van der Waals surface area contributed by atoms with Crippen molar-refractivity contribution in [2.24, 2.45) is 0 Å². The highest BCUT2D eigenvalue weighted by atomic mass is 127. The third-order valence-corrected chi connectivity index (χ3v) is 9.74. The van der Waals surface area contributed by atoms with E-state index in [2.05, 4.69) is 0 Å². The van der Waals surface area contributed by atoms with E-state index in [1.807, 2.05) is 0 Å². The van der Waals surface area contributed by atoms with Gasteiger partial charge in [0, 0.05) is 0 Å². The van der Waals surface area contributed by atoms with Crippen LogP contribution in [-0.2, 0) is 20.2 Å². The SMILES string of the molecule is O=S(=O)(O)C(I)(I)S(=O)(=O)O. The van der Waals surface area contributed by atoms with E-state index in [9.17, 15) is 16.8 Å². The van der Waals surface area contributed by atoms with E-state index < -0.39 is 20.3 Å². The van der Waals surface area contributed by atoms with E-state index in [1.54, 1.807) is 0 Å². The van der Waals surface area contributed by atoms with Crippen LogP contribution in [0, 0.1) is 0 Å². The summed E-state index contributed by atoms with van der Waals surface area (Å²) in [4.78, 5) is 0. The van der Waals surface area contributed by atoms with Crippen LogP contribution < -0.4 is 0 Å². The maximum atomic E-state index is 10.3. The number of alkyl halides is 2. The quantitative estimate of drug-likeness (QED) is 0.371. The number of halogens is 2. The highest BCUT2D eigenvalue weighted by Gasteiger charge is 2.50. The maximum absolute atomic E-state index is 10.3. The van der Waals surface area contributed by atoms with Gasteiger partial charge in [-0.25, -0.2) is 0 Å². The molecule has 0 heterocycles. The molecule has 0 atom stereocenters. The molecule has 0 spiro atoms. The van der Waals surface area contributed by atoms with Crippen molar-refractivity contribution >= 4 is 65.4 Å². The van der Waals surface area contributed by atoms with Crippen LogP contribution >= 0.6 is 45.2 Å². The van der Waals surface area contributed by atoms with E-state index in [4.69, 9.17) is 9.11 Å². The summed E-state index contributed by atoms with van der Waals surface area (Å²) in [5.74, 6) is 0. The van der Waals surface area contributed by atoms with Gasteiger partial charge in [0.25, 0.3) is 0 Å². The Bertz CT molecular complexity index is 301. The Morgan fingerprint density at radius 3 is 1.09 bits per heavy atom. The van der Waals surface area contributed by atoms with E-state index in [1.165, 1.54) is 0 Å². The lowest BCUT2D eigenvalue weighted by atomic mass is 11.9. The zero-order chi connectivity index (χ0) is 9.50. The standard InChI is InChI=1S/CH2I2O6S2/c2-1(3,10(4,5)6)11(7,8)9/h(H,4,5,6)(H,7,8,9). The van der Waals surface area contributed by atoms with E-state index in [-0.39, 0.29) is 0 Å². The molecule has 0 radical (unpaired) electrons. The minimum Gasteiger partial charge on any atom is -0.283 e. The second-order valence-electron chi connectivity index (χ2n) is 1.41. The number of hydrogen-bond donors (Lipinski definition) is 2. The fraction of sp³-hybridized carbons (Fsp3) is 1.00. The van der Waals surface area contributed by atoms with Crippen molar-refractivity contribution in [3.63, 3.8) is 0 Å². The second-order valence-corrected chi connectivity index (χ2v) is 13.0. The molecule has 0 bridgehead atoms. The molecule has 0 unspecified atom stereocenters. The minimum atomic E-state index is -4.82. The summed E-state index contributed by atoms with van der Waals surface area (Å²) in [6.45, 7) is 0. The number of hydrogen-bond acceptors (Lipinski definition) is 4. The van der Waals surface area contributed by atoms with Crippen LogP contribution in [0.25, 0.3) is 0 Å². The van der Waals surface area contributed by atoms with E-state index >= 15 is 0 Å². The van der Waals surface area contributed by atoms with Gasteiger partial charge < -0.3 is 0 Å². The van der Waals surface area contributed by atoms with Crippen molar-refractivity contribution in [1.82, 2.24) is 0 Å². The fourth-order valence-corrected chi connectivity index (χ4v) is 1.20. The summed E-state index contributed by atoms with van der Waals surface area (Å²) in [6, 6.07) is 0. The largest absolute Gasteiger partial charge is 0.320 e. The monoisotopic (exact) mass is 428 g/mol. The van der Waals surface area contributed by atoms with Crippen LogP contribution in [0.1, 0.15) is 0 Å². The molecule has 0 aromatic heterocycles. The summed E-state index contributed by atoms with van der Waals surface area (Å²) in [7, 11) is -9.65. The fourth-order valence-electron chi connectivity index (χ4n) is 0.133. The predicted octanol–water partition coefficient (Wildman–Crippen LogP) is 0.243. The zero-order valence-electron chi connectivity index (χ0n) is 4.60. The van der Waals surface area contributed by atoms with Crippen LogP contribution in [0.2, 0.25) is 0 Å². The highest BCUT2D eigenvalue weighted by Crippen LogP contribution is 2.38. The van der Waals surface area contributed by atoms with Gasteiger partial charge in [-0.05, 0) is 45.2 Å². The van der Waals surface area contributed by atoms with Crippen molar-refractivity contribution in [1.29, 1.82) is 0 Å². The molecule has 0 aromatic carbocycles. The molecule has 0 aliphatic heterocycles. The molecule has 0 saturated heterocycles. The average Bonchev–Trinajstić information content (AvgIpc) is 1.58. The molecule has 10 heteroatoms. The van der Waals surface area contributed by atoms with Gasteiger partial charge in [-0.2, -0.15) is 16.8 Å². The third-order valence-electron chi connectivity index (χ3n) is 0.601. The zero-order valence-corrected chi connectivity index (χ0v) is 10.5. The molecular formula is CH2I2O6S2. The van der Waals surface area contributed by atoms with Gasteiger partial charge >= 0.3 is 20.3 Å². The Hall–Kier alpha value is 1.28. The number of rotatable bonds is 2. The van der Waals surface area contributed by atoms with E-state index in [0.717, 1.165) is 45.2 Å². The Morgan fingerprint density at radius 2 is 1.09 bits per heavy atom. The van der Waals surface area contributed by atoms with Gasteiger partial charge in [0.1, 0.15) is 0 Å². The lowest BCUT2D eigenvalue weighted by molar-refractivity contribution is 0.468. The van der Waals surface area contributed by atoms with Crippen LogP contribution in [0.4, 0.5) is 0 Å². The maximum Gasteiger partial charge on any atom is 0.320 e. The van der Waals surface area contributed by atoms with Crippen LogP contribution in [0.3, 0.4) is 0 Å². The molecule has 11 heavy (non-hydrogen) atoms. The van der Waals surface area contributed by atoms with Crippen molar-refractivity contribution in [2.45, 2.75) is 0.0925 Å². The van der Waals surface area contributed by atoms with Crippen LogP contribution in [-0.4, -0.2) is 26.0 Å². The lowest BCUT2D eigenvalue weighted by Gasteiger charge is -2.11. The molecule has 68 valence electrons. The van der Waals surface area contributed by atoms with Crippen LogP contribution in [0.15, 0.2) is 0 Å². The Morgan fingerprint density at radius 1 is 0.909 bits per heavy atom. The summed E-state index contributed by atoms with van der Waals surface area (Å²) < 4.78 is 55.2.